The third kappa shape index (κ3) is 2.56. The van der Waals surface area contributed by atoms with Crippen LogP contribution in [-0.4, -0.2) is 18.5 Å². The number of amides is 1. The molecule has 0 bridgehead atoms. The van der Waals surface area contributed by atoms with Crippen LogP contribution in [0, 0.1) is 0 Å². The largest absolute Gasteiger partial charge is 0.324 e. The molecule has 0 saturated carbocycles. The van der Waals surface area contributed by atoms with Crippen LogP contribution in [0.3, 0.4) is 0 Å². The van der Waals surface area contributed by atoms with Gasteiger partial charge in [-0.1, -0.05) is 31.2 Å². The van der Waals surface area contributed by atoms with Crippen LogP contribution in [0.5, 0.6) is 0 Å². The highest BCUT2D eigenvalue weighted by Gasteiger charge is 2.22. The minimum Gasteiger partial charge on any atom is -0.324 e. The van der Waals surface area contributed by atoms with Gasteiger partial charge in [-0.25, -0.2) is 0 Å². The zero-order valence-electron chi connectivity index (χ0n) is 10.1. The molecule has 0 aromatic heterocycles. The average Bonchev–Trinajstić information content (AvgIpc) is 2.79. The molecule has 3 nitrogen and oxygen atoms in total. The lowest BCUT2D eigenvalue weighted by Crippen LogP contribution is -2.27. The lowest BCUT2D eigenvalue weighted by atomic mass is 10.2. The summed E-state index contributed by atoms with van der Waals surface area (Å²) in [7, 11) is 0. The molecule has 1 aromatic rings. The van der Waals surface area contributed by atoms with Crippen LogP contribution in [0.25, 0.3) is 0 Å². The summed E-state index contributed by atoms with van der Waals surface area (Å²) in [5, 5.41) is 0. The van der Waals surface area contributed by atoms with Crippen LogP contribution < -0.4 is 10.6 Å². The molecule has 1 heterocycles. The Bertz CT molecular complexity index is 440. The van der Waals surface area contributed by atoms with Gasteiger partial charge >= 0.3 is 0 Å². The molecule has 0 unspecified atom stereocenters. The second-order valence-corrected chi connectivity index (χ2v) is 4.30. The van der Waals surface area contributed by atoms with Crippen molar-refractivity contribution in [2.24, 2.45) is 5.73 Å². The fourth-order valence-electron chi connectivity index (χ4n) is 2.00. The Morgan fingerprint density at radius 2 is 2.29 bits per heavy atom. The second kappa shape index (κ2) is 5.15. The Kier molecular flexibility index (Phi) is 3.59. The first-order valence-corrected chi connectivity index (χ1v) is 6.05. The minimum atomic E-state index is -0.0307. The highest BCUT2D eigenvalue weighted by Crippen LogP contribution is 2.27. The fraction of sp³-hybridized carbons (Fsp3) is 0.357. The summed E-state index contributed by atoms with van der Waals surface area (Å²) in [4.78, 5) is 13.8. The summed E-state index contributed by atoms with van der Waals surface area (Å²) in [6, 6.07) is 8.01. The molecule has 1 aliphatic rings. The van der Waals surface area contributed by atoms with E-state index in [0.717, 1.165) is 25.1 Å². The lowest BCUT2D eigenvalue weighted by molar-refractivity contribution is -0.114. The van der Waals surface area contributed by atoms with Gasteiger partial charge < -0.3 is 10.6 Å². The van der Waals surface area contributed by atoms with Gasteiger partial charge in [0.25, 0.3) is 5.91 Å². The maximum absolute atomic E-state index is 12.0. The number of fused-ring (bicyclic) bond motifs is 1. The Morgan fingerprint density at radius 1 is 1.53 bits per heavy atom. The number of para-hydroxylation sites is 1. The van der Waals surface area contributed by atoms with E-state index in [1.165, 1.54) is 5.56 Å². The van der Waals surface area contributed by atoms with E-state index in [-0.39, 0.29) is 11.9 Å². The van der Waals surface area contributed by atoms with Crippen molar-refractivity contribution in [1.82, 2.24) is 0 Å². The molecule has 1 atom stereocenters. The third-order valence-electron chi connectivity index (χ3n) is 3.11. The van der Waals surface area contributed by atoms with Gasteiger partial charge in [0, 0.05) is 24.4 Å². The van der Waals surface area contributed by atoms with Gasteiger partial charge in [0.1, 0.15) is 0 Å². The smallest absolute Gasteiger partial charge is 0.250 e. The number of hydrogen-bond acceptors (Lipinski definition) is 2. The maximum atomic E-state index is 12.0. The van der Waals surface area contributed by atoms with Crippen LogP contribution in [0.1, 0.15) is 18.9 Å². The molecule has 1 amide bonds. The zero-order valence-corrected chi connectivity index (χ0v) is 10.1. The predicted octanol–water partition coefficient (Wildman–Crippen LogP) is 1.87. The average molecular weight is 230 g/mol. The molecule has 0 spiro atoms. The number of nitrogens with two attached hydrogens (primary N) is 1. The molecule has 90 valence electrons. The highest BCUT2D eigenvalue weighted by molar-refractivity contribution is 6.02. The first kappa shape index (κ1) is 11.9. The van der Waals surface area contributed by atoms with Gasteiger partial charge in [0.15, 0.2) is 0 Å². The Hall–Kier alpha value is -1.61. The number of hydrogen-bond donors (Lipinski definition) is 1. The van der Waals surface area contributed by atoms with E-state index in [4.69, 9.17) is 5.73 Å². The molecule has 1 aliphatic heterocycles. The van der Waals surface area contributed by atoms with E-state index in [9.17, 15) is 4.79 Å². The van der Waals surface area contributed by atoms with Crippen molar-refractivity contribution in [2.75, 3.05) is 11.4 Å². The number of carbonyl (C=O) groups is 1. The number of nitrogens with zero attached hydrogens (tertiary/aromatic N) is 1. The predicted molar refractivity (Wildman–Crippen MR) is 69.9 cm³/mol. The number of anilines is 1. The van der Waals surface area contributed by atoms with E-state index in [1.54, 1.807) is 12.2 Å². The van der Waals surface area contributed by atoms with Crippen molar-refractivity contribution < 1.29 is 4.79 Å². The molecule has 3 heteroatoms. The summed E-state index contributed by atoms with van der Waals surface area (Å²) in [6.45, 7) is 2.77. The second-order valence-electron chi connectivity index (χ2n) is 4.30. The minimum absolute atomic E-state index is 0.0267. The van der Waals surface area contributed by atoms with E-state index in [0.29, 0.717) is 0 Å². The molecule has 2 N–H and O–H groups in total. The summed E-state index contributed by atoms with van der Waals surface area (Å²) in [5.74, 6) is 0.0267. The van der Waals surface area contributed by atoms with Crippen molar-refractivity contribution in [3.63, 3.8) is 0 Å². The molecule has 0 aliphatic carbocycles. The molecule has 2 rings (SSSR count). The quantitative estimate of drug-likeness (QED) is 0.806. The van der Waals surface area contributed by atoms with Crippen molar-refractivity contribution in [1.29, 1.82) is 0 Å². The number of carbonyl (C=O) groups excluding carboxylic acids is 1. The molecule has 0 saturated heterocycles. The molecule has 0 fully saturated rings. The lowest BCUT2D eigenvalue weighted by Gasteiger charge is -2.15. The molecule has 17 heavy (non-hydrogen) atoms. The SMILES string of the molecule is CC[C@H](N)C=CC(=O)N1CCc2ccccc21. The Labute approximate surface area is 102 Å². The normalized spacial score (nSPS) is 16.2. The van der Waals surface area contributed by atoms with E-state index >= 15 is 0 Å². The molecule has 1 aromatic carbocycles. The topological polar surface area (TPSA) is 46.3 Å². The van der Waals surface area contributed by atoms with Crippen LogP contribution in [0.4, 0.5) is 5.69 Å². The van der Waals surface area contributed by atoms with E-state index in [2.05, 4.69) is 6.07 Å². The zero-order chi connectivity index (χ0) is 12.3. The maximum Gasteiger partial charge on any atom is 0.250 e. The van der Waals surface area contributed by atoms with Gasteiger partial charge in [0.2, 0.25) is 0 Å². The van der Waals surface area contributed by atoms with Crippen LogP contribution in [0.2, 0.25) is 0 Å². The van der Waals surface area contributed by atoms with Crippen LogP contribution >= 0.6 is 0 Å². The van der Waals surface area contributed by atoms with Crippen molar-refractivity contribution >= 4 is 11.6 Å². The number of rotatable bonds is 3. The van der Waals surface area contributed by atoms with Crippen LogP contribution in [0.15, 0.2) is 36.4 Å². The van der Waals surface area contributed by atoms with Crippen molar-refractivity contribution in [3.05, 3.63) is 42.0 Å². The highest BCUT2D eigenvalue weighted by atomic mass is 16.2. The van der Waals surface area contributed by atoms with Gasteiger partial charge in [-0.15, -0.1) is 0 Å². The summed E-state index contributed by atoms with van der Waals surface area (Å²) < 4.78 is 0. The third-order valence-corrected chi connectivity index (χ3v) is 3.11. The standard InChI is InChI=1S/C14H18N2O/c1-2-12(15)7-8-14(17)16-10-9-11-5-3-4-6-13(11)16/h3-8,12H,2,9-10,15H2,1H3/t12-/m0/s1. The Morgan fingerprint density at radius 3 is 3.06 bits per heavy atom. The van der Waals surface area contributed by atoms with E-state index in [1.807, 2.05) is 30.0 Å². The van der Waals surface area contributed by atoms with Gasteiger partial charge in [-0.05, 0) is 24.5 Å². The Balaban J connectivity index is 2.10. The van der Waals surface area contributed by atoms with Gasteiger partial charge in [0.05, 0.1) is 0 Å². The van der Waals surface area contributed by atoms with Gasteiger partial charge in [-0.2, -0.15) is 0 Å². The summed E-state index contributed by atoms with van der Waals surface area (Å²) in [5.41, 5.74) is 8.04. The summed E-state index contributed by atoms with van der Waals surface area (Å²) >= 11 is 0. The fourth-order valence-corrected chi connectivity index (χ4v) is 2.00. The summed E-state index contributed by atoms with van der Waals surface area (Å²) in [6.07, 6.45) is 5.16. The van der Waals surface area contributed by atoms with Crippen LogP contribution in [-0.2, 0) is 11.2 Å². The van der Waals surface area contributed by atoms with Crippen molar-refractivity contribution in [2.45, 2.75) is 25.8 Å². The molecule has 0 radical (unpaired) electrons. The van der Waals surface area contributed by atoms with Crippen molar-refractivity contribution in [3.8, 4) is 0 Å². The monoisotopic (exact) mass is 230 g/mol. The molecular formula is C14H18N2O. The van der Waals surface area contributed by atoms with Gasteiger partial charge in [-0.3, -0.25) is 4.79 Å². The first-order valence-electron chi connectivity index (χ1n) is 6.05. The van der Waals surface area contributed by atoms with E-state index < -0.39 is 0 Å². The first-order chi connectivity index (χ1) is 8.22. The number of benzene rings is 1. The molecular weight excluding hydrogens is 212 g/mol.